The normalized spacial score (nSPS) is 18.2. The molecule has 1 heterocycles. The van der Waals surface area contributed by atoms with E-state index in [1.807, 2.05) is 26.8 Å². The monoisotopic (exact) mass is 427 g/mol. The first-order chi connectivity index (χ1) is 14.3. The number of aliphatic hydroxyl groups excluding tert-OH is 1. The molecule has 5 nitrogen and oxygen atoms in total. The van der Waals surface area contributed by atoms with Gasteiger partial charge in [0.1, 0.15) is 11.5 Å². The van der Waals surface area contributed by atoms with Gasteiger partial charge in [-0.2, -0.15) is 0 Å². The number of Topliss-reactive ketones (excluding diaryl/α,β-unsaturated/α-hetero) is 1. The highest BCUT2D eigenvalue weighted by Gasteiger charge is 2.46. The summed E-state index contributed by atoms with van der Waals surface area (Å²) >= 11 is 6.04. The topological polar surface area (TPSA) is 66.8 Å². The third-order valence-corrected chi connectivity index (χ3v) is 5.61. The number of halogens is 1. The smallest absolute Gasteiger partial charge is 0.295 e. The van der Waals surface area contributed by atoms with Crippen LogP contribution in [-0.2, 0) is 9.59 Å². The van der Waals surface area contributed by atoms with Crippen molar-refractivity contribution in [3.8, 4) is 5.75 Å². The lowest BCUT2D eigenvalue weighted by Crippen LogP contribution is -2.30. The highest BCUT2D eigenvalue weighted by molar-refractivity contribution is 6.46. The van der Waals surface area contributed by atoms with Crippen LogP contribution in [0.4, 0.5) is 0 Å². The number of benzene rings is 2. The molecule has 1 N–H and O–H groups in total. The van der Waals surface area contributed by atoms with E-state index >= 15 is 0 Å². The summed E-state index contributed by atoms with van der Waals surface area (Å²) in [5.41, 5.74) is 2.95. The van der Waals surface area contributed by atoms with Gasteiger partial charge in [0.2, 0.25) is 0 Å². The van der Waals surface area contributed by atoms with E-state index in [0.29, 0.717) is 22.9 Å². The van der Waals surface area contributed by atoms with Gasteiger partial charge in [-0.3, -0.25) is 9.59 Å². The molecular formula is C24H26ClNO4. The van der Waals surface area contributed by atoms with Crippen molar-refractivity contribution in [2.24, 2.45) is 0 Å². The predicted octanol–water partition coefficient (Wildman–Crippen LogP) is 5.19. The van der Waals surface area contributed by atoms with Gasteiger partial charge in [0.05, 0.1) is 24.3 Å². The maximum absolute atomic E-state index is 13.0. The highest BCUT2D eigenvalue weighted by atomic mass is 35.5. The number of amides is 1. The second kappa shape index (κ2) is 8.92. The van der Waals surface area contributed by atoms with Crippen LogP contribution in [0.25, 0.3) is 5.76 Å². The molecule has 0 bridgehead atoms. The van der Waals surface area contributed by atoms with Crippen molar-refractivity contribution in [3.05, 3.63) is 69.2 Å². The summed E-state index contributed by atoms with van der Waals surface area (Å²) in [5, 5.41) is 11.8. The first kappa shape index (κ1) is 21.9. The summed E-state index contributed by atoms with van der Waals surface area (Å²) in [6, 6.07) is 10.0. The predicted molar refractivity (Wildman–Crippen MR) is 118 cm³/mol. The van der Waals surface area contributed by atoms with Crippen LogP contribution < -0.4 is 4.74 Å². The lowest BCUT2D eigenvalue weighted by atomic mass is 9.93. The Hall–Kier alpha value is -2.79. The van der Waals surface area contributed by atoms with Crippen molar-refractivity contribution in [3.63, 3.8) is 0 Å². The molecule has 0 aromatic heterocycles. The fraction of sp³-hybridized carbons (Fsp3) is 0.333. The van der Waals surface area contributed by atoms with Gasteiger partial charge in [-0.1, -0.05) is 43.1 Å². The molecule has 1 aliphatic heterocycles. The Kier molecular flexibility index (Phi) is 6.52. The maximum Gasteiger partial charge on any atom is 0.295 e. The van der Waals surface area contributed by atoms with Gasteiger partial charge in [-0.15, -0.1) is 0 Å². The number of aryl methyl sites for hydroxylation is 2. The van der Waals surface area contributed by atoms with E-state index in [4.69, 9.17) is 16.3 Å². The van der Waals surface area contributed by atoms with Gasteiger partial charge >= 0.3 is 0 Å². The molecule has 2 aromatic carbocycles. The zero-order chi connectivity index (χ0) is 22.0. The van der Waals surface area contributed by atoms with Gasteiger partial charge in [-0.25, -0.2) is 0 Å². The second-order valence-corrected chi connectivity index (χ2v) is 8.00. The van der Waals surface area contributed by atoms with Crippen LogP contribution in [0.5, 0.6) is 5.75 Å². The molecule has 0 spiro atoms. The molecule has 0 radical (unpaired) electrons. The number of methoxy groups -OCH3 is 1. The van der Waals surface area contributed by atoms with Crippen LogP contribution in [-0.4, -0.2) is 35.4 Å². The van der Waals surface area contributed by atoms with Crippen LogP contribution in [0, 0.1) is 13.8 Å². The zero-order valence-electron chi connectivity index (χ0n) is 17.7. The van der Waals surface area contributed by atoms with Gasteiger partial charge in [0.25, 0.3) is 11.7 Å². The molecule has 1 unspecified atom stereocenters. The van der Waals surface area contributed by atoms with Crippen molar-refractivity contribution < 1.29 is 19.4 Å². The van der Waals surface area contributed by atoms with Crippen LogP contribution in [0.15, 0.2) is 42.0 Å². The molecule has 158 valence electrons. The summed E-state index contributed by atoms with van der Waals surface area (Å²) in [7, 11) is 1.52. The van der Waals surface area contributed by atoms with E-state index in [1.54, 1.807) is 30.3 Å². The number of hydrogen-bond donors (Lipinski definition) is 1. The average Bonchev–Trinajstić information content (AvgIpc) is 2.96. The van der Waals surface area contributed by atoms with E-state index in [9.17, 15) is 14.7 Å². The van der Waals surface area contributed by atoms with E-state index in [0.717, 1.165) is 29.5 Å². The standard InChI is InChI=1S/C24H26ClNO4/c1-5-6-11-26-20(16-7-9-17(25)10-8-16)19(22(28)24(26)29)21(27)18-13-14(2)12-15(3)23(18)30-4/h7-10,12-13,20,27H,5-6,11H2,1-4H3/b21-19+. The minimum atomic E-state index is -0.690. The first-order valence-corrected chi connectivity index (χ1v) is 10.4. The fourth-order valence-electron chi connectivity index (χ4n) is 3.98. The number of unbranched alkanes of at least 4 members (excludes halogenated alkanes) is 1. The van der Waals surface area contributed by atoms with Crippen molar-refractivity contribution in [1.82, 2.24) is 4.90 Å². The van der Waals surface area contributed by atoms with E-state index in [2.05, 4.69) is 0 Å². The number of hydrogen-bond acceptors (Lipinski definition) is 4. The van der Waals surface area contributed by atoms with Crippen LogP contribution in [0.2, 0.25) is 5.02 Å². The summed E-state index contributed by atoms with van der Waals surface area (Å²) in [4.78, 5) is 27.4. The Bertz CT molecular complexity index is 1010. The third kappa shape index (κ3) is 3.94. The average molecular weight is 428 g/mol. The van der Waals surface area contributed by atoms with E-state index < -0.39 is 17.7 Å². The molecule has 1 aliphatic rings. The van der Waals surface area contributed by atoms with E-state index in [-0.39, 0.29) is 11.3 Å². The van der Waals surface area contributed by atoms with Crippen molar-refractivity contribution in [1.29, 1.82) is 0 Å². The molecular weight excluding hydrogens is 402 g/mol. The highest BCUT2D eigenvalue weighted by Crippen LogP contribution is 2.42. The van der Waals surface area contributed by atoms with Gasteiger partial charge in [0.15, 0.2) is 0 Å². The summed E-state index contributed by atoms with van der Waals surface area (Å²) in [6.45, 7) is 6.22. The number of ketones is 1. The molecule has 0 aliphatic carbocycles. The number of likely N-dealkylation sites (tertiary alicyclic amines) is 1. The number of nitrogens with zero attached hydrogens (tertiary/aromatic N) is 1. The first-order valence-electron chi connectivity index (χ1n) is 9.99. The van der Waals surface area contributed by atoms with Crippen molar-refractivity contribution in [2.75, 3.05) is 13.7 Å². The lowest BCUT2D eigenvalue weighted by Gasteiger charge is -2.25. The Morgan fingerprint density at radius 3 is 2.43 bits per heavy atom. The number of ether oxygens (including phenoxy) is 1. The molecule has 1 atom stereocenters. The number of aliphatic hydroxyl groups is 1. The quantitative estimate of drug-likeness (QED) is 0.391. The zero-order valence-corrected chi connectivity index (χ0v) is 18.4. The number of rotatable bonds is 6. The van der Waals surface area contributed by atoms with Crippen LogP contribution in [0.1, 0.15) is 48.1 Å². The van der Waals surface area contributed by atoms with E-state index in [1.165, 1.54) is 12.0 Å². The molecule has 3 rings (SSSR count). The summed E-state index contributed by atoms with van der Waals surface area (Å²) < 4.78 is 5.50. The number of carbonyl (C=O) groups is 2. The fourth-order valence-corrected chi connectivity index (χ4v) is 4.10. The minimum absolute atomic E-state index is 0.0710. The largest absolute Gasteiger partial charge is 0.507 e. The molecule has 30 heavy (non-hydrogen) atoms. The molecule has 6 heteroatoms. The lowest BCUT2D eigenvalue weighted by molar-refractivity contribution is -0.139. The molecule has 0 saturated carbocycles. The Morgan fingerprint density at radius 2 is 1.83 bits per heavy atom. The van der Waals surface area contributed by atoms with Crippen LogP contribution >= 0.6 is 11.6 Å². The molecule has 1 saturated heterocycles. The van der Waals surface area contributed by atoms with Gasteiger partial charge in [0, 0.05) is 11.6 Å². The molecule has 1 amide bonds. The minimum Gasteiger partial charge on any atom is -0.507 e. The summed E-state index contributed by atoms with van der Waals surface area (Å²) in [5.74, 6) is -1.04. The maximum atomic E-state index is 13.0. The summed E-state index contributed by atoms with van der Waals surface area (Å²) in [6.07, 6.45) is 1.63. The Morgan fingerprint density at radius 1 is 1.17 bits per heavy atom. The van der Waals surface area contributed by atoms with Gasteiger partial charge in [-0.05, 0) is 55.2 Å². The number of carbonyl (C=O) groups excluding carboxylic acids is 2. The second-order valence-electron chi connectivity index (χ2n) is 7.56. The Labute approximate surface area is 181 Å². The third-order valence-electron chi connectivity index (χ3n) is 5.36. The Balaban J connectivity index is 2.25. The van der Waals surface area contributed by atoms with Gasteiger partial charge < -0.3 is 14.7 Å². The molecule has 2 aromatic rings. The molecule has 1 fully saturated rings. The van der Waals surface area contributed by atoms with Crippen molar-refractivity contribution in [2.45, 2.75) is 39.7 Å². The van der Waals surface area contributed by atoms with Crippen molar-refractivity contribution >= 4 is 29.1 Å². The SMILES string of the molecule is CCCCN1C(=O)C(=O)/C(=C(/O)c2cc(C)cc(C)c2OC)C1c1ccc(Cl)cc1. The van der Waals surface area contributed by atoms with Crippen LogP contribution in [0.3, 0.4) is 0 Å².